The van der Waals surface area contributed by atoms with Crippen molar-refractivity contribution in [3.05, 3.63) is 0 Å². The van der Waals surface area contributed by atoms with Crippen molar-refractivity contribution in [1.29, 1.82) is 0 Å². The highest BCUT2D eigenvalue weighted by molar-refractivity contribution is 8.01. The number of hydrogen-bond donors (Lipinski definition) is 0. The van der Waals surface area contributed by atoms with E-state index in [1.807, 2.05) is 0 Å². The number of hydrogen-bond acceptors (Lipinski definition) is 5. The van der Waals surface area contributed by atoms with Crippen molar-refractivity contribution in [1.82, 2.24) is 4.90 Å². The normalized spacial score (nSPS) is 35.9. The average molecular weight is 215 g/mol. The molecule has 0 aromatic heterocycles. The first-order valence-electron chi connectivity index (χ1n) is 4.17. The van der Waals surface area contributed by atoms with Gasteiger partial charge in [-0.05, 0) is 6.92 Å². The molecule has 0 radical (unpaired) electrons. The molecule has 2 aliphatic heterocycles. The van der Waals surface area contributed by atoms with Crippen molar-refractivity contribution in [3.63, 3.8) is 0 Å². The maximum Gasteiger partial charge on any atom is 0.350 e. The molecule has 2 saturated heterocycles. The topological polar surface area (TPSA) is 63.7 Å². The van der Waals surface area contributed by atoms with Gasteiger partial charge in [0.25, 0.3) is 0 Å². The molecule has 0 aliphatic carbocycles. The Kier molecular flexibility index (Phi) is 1.85. The number of esters is 2. The van der Waals surface area contributed by atoms with Crippen LogP contribution in [0.2, 0.25) is 0 Å². The second kappa shape index (κ2) is 2.73. The molecule has 2 atom stereocenters. The van der Waals surface area contributed by atoms with Gasteiger partial charge in [0.05, 0.1) is 0 Å². The van der Waals surface area contributed by atoms with E-state index in [0.29, 0.717) is 5.75 Å². The fourth-order valence-electron chi connectivity index (χ4n) is 1.79. The van der Waals surface area contributed by atoms with E-state index < -0.39 is 22.9 Å². The lowest BCUT2D eigenvalue weighted by Gasteiger charge is -2.37. The third-order valence-corrected chi connectivity index (χ3v) is 3.88. The van der Waals surface area contributed by atoms with Crippen LogP contribution in [0.15, 0.2) is 0 Å². The van der Waals surface area contributed by atoms with Gasteiger partial charge in [-0.25, -0.2) is 9.59 Å². The fourth-order valence-corrected chi connectivity index (χ4v) is 3.11. The highest BCUT2D eigenvalue weighted by Crippen LogP contribution is 2.43. The van der Waals surface area contributed by atoms with Crippen molar-refractivity contribution >= 4 is 29.6 Å². The van der Waals surface area contributed by atoms with Crippen molar-refractivity contribution in [2.75, 3.05) is 5.75 Å². The zero-order chi connectivity index (χ0) is 10.5. The van der Waals surface area contributed by atoms with Crippen LogP contribution in [0.25, 0.3) is 0 Å². The van der Waals surface area contributed by atoms with Crippen molar-refractivity contribution in [2.24, 2.45) is 0 Å². The summed E-state index contributed by atoms with van der Waals surface area (Å²) in [7, 11) is 0. The number of carbonyl (C=O) groups excluding carboxylic acids is 3. The molecule has 14 heavy (non-hydrogen) atoms. The fraction of sp³-hybridized carbons (Fsp3) is 0.625. The molecule has 2 heterocycles. The first-order valence-corrected chi connectivity index (χ1v) is 5.15. The highest BCUT2D eigenvalue weighted by atomic mass is 32.2. The van der Waals surface area contributed by atoms with Gasteiger partial charge >= 0.3 is 11.9 Å². The standard InChI is InChI=1S/C8H9NO4S/c1-4(10)9-5-3-14-8(9,2)7(12)13-6(5)11/h5H,3H2,1-2H3. The van der Waals surface area contributed by atoms with E-state index in [9.17, 15) is 14.4 Å². The molecule has 2 aliphatic rings. The Hall–Kier alpha value is -1.04. The average Bonchev–Trinajstić information content (AvgIpc) is 2.38. The van der Waals surface area contributed by atoms with Crippen LogP contribution >= 0.6 is 11.8 Å². The van der Waals surface area contributed by atoms with Gasteiger partial charge in [-0.2, -0.15) is 0 Å². The maximum absolute atomic E-state index is 11.4. The molecule has 0 N–H and O–H groups in total. The van der Waals surface area contributed by atoms with E-state index in [0.717, 1.165) is 0 Å². The minimum absolute atomic E-state index is 0.271. The lowest BCUT2D eigenvalue weighted by Crippen LogP contribution is -2.60. The maximum atomic E-state index is 11.4. The van der Waals surface area contributed by atoms with Crippen LogP contribution in [-0.2, 0) is 19.1 Å². The van der Waals surface area contributed by atoms with Gasteiger partial charge in [-0.1, -0.05) is 0 Å². The lowest BCUT2D eigenvalue weighted by atomic mass is 10.1. The number of nitrogens with zero attached hydrogens (tertiary/aromatic N) is 1. The Morgan fingerprint density at radius 3 is 2.86 bits per heavy atom. The smallest absolute Gasteiger partial charge is 0.350 e. The zero-order valence-electron chi connectivity index (χ0n) is 7.77. The van der Waals surface area contributed by atoms with Crippen LogP contribution in [0.4, 0.5) is 0 Å². The van der Waals surface area contributed by atoms with E-state index in [2.05, 4.69) is 4.74 Å². The number of cyclic esters (lactones) is 2. The Balaban J connectivity index is 2.45. The zero-order valence-corrected chi connectivity index (χ0v) is 8.59. The summed E-state index contributed by atoms with van der Waals surface area (Å²) in [6.45, 7) is 2.96. The molecule has 5 nitrogen and oxygen atoms in total. The lowest BCUT2D eigenvalue weighted by molar-refractivity contribution is -0.179. The molecule has 0 spiro atoms. The largest absolute Gasteiger partial charge is 0.389 e. The highest BCUT2D eigenvalue weighted by Gasteiger charge is 2.59. The quantitative estimate of drug-likeness (QED) is 0.412. The monoisotopic (exact) mass is 215 g/mol. The van der Waals surface area contributed by atoms with Gasteiger partial charge in [-0.3, -0.25) is 4.79 Å². The summed E-state index contributed by atoms with van der Waals surface area (Å²) in [6.07, 6.45) is 0. The van der Waals surface area contributed by atoms with Crippen molar-refractivity contribution in [2.45, 2.75) is 24.8 Å². The van der Waals surface area contributed by atoms with Crippen LogP contribution in [0.5, 0.6) is 0 Å². The van der Waals surface area contributed by atoms with Crippen molar-refractivity contribution < 1.29 is 19.1 Å². The van der Waals surface area contributed by atoms with Gasteiger partial charge in [0.2, 0.25) is 5.91 Å². The first kappa shape index (κ1) is 9.51. The third-order valence-electron chi connectivity index (χ3n) is 2.48. The van der Waals surface area contributed by atoms with Crippen molar-refractivity contribution in [3.8, 4) is 0 Å². The molecule has 2 unspecified atom stereocenters. The van der Waals surface area contributed by atoms with E-state index >= 15 is 0 Å². The predicted molar refractivity (Wildman–Crippen MR) is 48.3 cm³/mol. The van der Waals surface area contributed by atoms with Gasteiger partial charge < -0.3 is 9.64 Å². The number of fused-ring (bicyclic) bond motifs is 2. The molecule has 2 rings (SSSR count). The Labute approximate surface area is 84.8 Å². The van der Waals surface area contributed by atoms with Gasteiger partial charge in [0.15, 0.2) is 4.87 Å². The summed E-state index contributed by atoms with van der Waals surface area (Å²) < 4.78 is 4.56. The Bertz CT molecular complexity index is 342. The number of carbonyl (C=O) groups is 3. The van der Waals surface area contributed by atoms with Gasteiger partial charge in [-0.15, -0.1) is 11.8 Å². The minimum atomic E-state index is -1.01. The summed E-state index contributed by atoms with van der Waals surface area (Å²) in [6, 6.07) is -0.597. The van der Waals surface area contributed by atoms with Crippen LogP contribution in [0, 0.1) is 0 Å². The number of amides is 1. The molecule has 6 heteroatoms. The van der Waals surface area contributed by atoms with Gasteiger partial charge in [0.1, 0.15) is 6.04 Å². The number of thioether (sulfide) groups is 1. The van der Waals surface area contributed by atoms with E-state index in [4.69, 9.17) is 0 Å². The molecular formula is C8H9NO4S. The number of rotatable bonds is 0. The summed E-state index contributed by atoms with van der Waals surface area (Å²) in [4.78, 5) is 34.3. The molecule has 1 amide bonds. The van der Waals surface area contributed by atoms with Crippen LogP contribution < -0.4 is 0 Å². The molecule has 2 fully saturated rings. The summed E-state index contributed by atoms with van der Waals surface area (Å²) in [5.41, 5.74) is 0. The molecule has 0 aromatic carbocycles. The predicted octanol–water partition coefficient (Wildman–Crippen LogP) is -0.250. The molecule has 76 valence electrons. The molecule has 0 aromatic rings. The summed E-state index contributed by atoms with van der Waals surface area (Å²) >= 11 is 1.27. The number of morpholine rings is 1. The molecule has 0 saturated carbocycles. The van der Waals surface area contributed by atoms with E-state index in [1.54, 1.807) is 6.92 Å². The Morgan fingerprint density at radius 1 is 1.64 bits per heavy atom. The van der Waals surface area contributed by atoms with Crippen LogP contribution in [0.1, 0.15) is 13.8 Å². The Morgan fingerprint density at radius 2 is 2.29 bits per heavy atom. The van der Waals surface area contributed by atoms with Crippen LogP contribution in [-0.4, -0.2) is 39.4 Å². The molecule has 2 bridgehead atoms. The summed E-state index contributed by atoms with van der Waals surface area (Å²) in [5, 5.41) is 0. The first-order chi connectivity index (χ1) is 6.47. The minimum Gasteiger partial charge on any atom is -0.389 e. The summed E-state index contributed by atoms with van der Waals surface area (Å²) in [5.74, 6) is -1.10. The second-order valence-corrected chi connectivity index (χ2v) is 4.82. The van der Waals surface area contributed by atoms with E-state index in [-0.39, 0.29) is 5.91 Å². The number of ether oxygens (including phenoxy) is 1. The second-order valence-electron chi connectivity index (χ2n) is 3.41. The van der Waals surface area contributed by atoms with Crippen LogP contribution in [0.3, 0.4) is 0 Å². The van der Waals surface area contributed by atoms with Gasteiger partial charge in [0, 0.05) is 12.7 Å². The third kappa shape index (κ3) is 1.00. The molecular weight excluding hydrogens is 206 g/mol. The SMILES string of the molecule is CC(=O)N1C2CSC1(C)C(=O)OC2=O. The van der Waals surface area contributed by atoms with E-state index in [1.165, 1.54) is 23.6 Å².